The zero-order valence-corrected chi connectivity index (χ0v) is 19.8. The van der Waals surface area contributed by atoms with Gasteiger partial charge >= 0.3 is 0 Å². The molecule has 1 aliphatic carbocycles. The molecule has 0 radical (unpaired) electrons. The lowest BCUT2D eigenvalue weighted by molar-refractivity contribution is 0.483. The summed E-state index contributed by atoms with van der Waals surface area (Å²) in [5.74, 6) is -0.213. The highest BCUT2D eigenvalue weighted by Crippen LogP contribution is 2.46. The van der Waals surface area contributed by atoms with E-state index < -0.39 is 9.84 Å². The van der Waals surface area contributed by atoms with Crippen molar-refractivity contribution in [1.29, 1.82) is 0 Å². The lowest BCUT2D eigenvalue weighted by atomic mass is 9.62. The Morgan fingerprint density at radius 3 is 2.21 bits per heavy atom. The summed E-state index contributed by atoms with van der Waals surface area (Å²) in [7, 11) is -3.45. The van der Waals surface area contributed by atoms with Crippen LogP contribution in [0.3, 0.4) is 0 Å². The Labute approximate surface area is 177 Å². The summed E-state index contributed by atoms with van der Waals surface area (Å²) in [5, 5.41) is 0. The predicted molar refractivity (Wildman–Crippen MR) is 120 cm³/mol. The average Bonchev–Trinajstić information content (AvgIpc) is 2.59. The number of aliphatic imine (C=N–C) groups is 1. The molecule has 0 heterocycles. The van der Waals surface area contributed by atoms with Gasteiger partial charge in [0, 0.05) is 15.6 Å². The van der Waals surface area contributed by atoms with Crippen LogP contribution in [0.4, 0.5) is 0 Å². The second-order valence-corrected chi connectivity index (χ2v) is 11.8. The Balaban J connectivity index is 2.02. The van der Waals surface area contributed by atoms with Crippen molar-refractivity contribution in [2.75, 3.05) is 5.88 Å². The molecule has 0 N–H and O–H groups in total. The van der Waals surface area contributed by atoms with Crippen molar-refractivity contribution < 1.29 is 8.42 Å². The molecular formula is C23H28BrNO2S. The van der Waals surface area contributed by atoms with E-state index in [1.165, 1.54) is 16.7 Å². The first-order valence-electron chi connectivity index (χ1n) is 9.49. The summed E-state index contributed by atoms with van der Waals surface area (Å²) in [6.07, 6.45) is 0.742. The Morgan fingerprint density at radius 1 is 1.00 bits per heavy atom. The quantitative estimate of drug-likeness (QED) is 0.571. The molecule has 1 aliphatic rings. The highest BCUT2D eigenvalue weighted by molar-refractivity contribution is 9.10. The van der Waals surface area contributed by atoms with Gasteiger partial charge in [-0.05, 0) is 60.6 Å². The van der Waals surface area contributed by atoms with Gasteiger partial charge in [-0.1, -0.05) is 67.4 Å². The van der Waals surface area contributed by atoms with E-state index in [1.807, 2.05) is 19.1 Å². The molecule has 0 unspecified atom stereocenters. The molecule has 3 nitrogen and oxygen atoms in total. The minimum Gasteiger partial charge on any atom is -0.277 e. The van der Waals surface area contributed by atoms with Gasteiger partial charge in [0.05, 0.1) is 4.90 Å². The first-order valence-corrected chi connectivity index (χ1v) is 11.9. The van der Waals surface area contributed by atoms with E-state index in [2.05, 4.69) is 67.7 Å². The first-order chi connectivity index (χ1) is 12.8. The van der Waals surface area contributed by atoms with Crippen LogP contribution >= 0.6 is 15.9 Å². The molecule has 150 valence electrons. The standard InChI is InChI=1S/C23H28BrNO2S/c1-15-7-9-17(10-8-15)28(26,27)14-25-21-13-22(3,4)18-12-20(24)16(2)11-19(18)23(21,5)6/h7-12H,13-14H2,1-6H3. The van der Waals surface area contributed by atoms with E-state index in [4.69, 9.17) is 0 Å². The van der Waals surface area contributed by atoms with Crippen LogP contribution in [0.1, 0.15) is 56.4 Å². The fourth-order valence-electron chi connectivity index (χ4n) is 3.89. The number of aryl methyl sites for hydroxylation is 2. The fourth-order valence-corrected chi connectivity index (χ4v) is 5.25. The Hall–Kier alpha value is -1.46. The van der Waals surface area contributed by atoms with E-state index in [0.29, 0.717) is 4.90 Å². The third-order valence-corrected chi connectivity index (χ3v) is 8.15. The zero-order chi connectivity index (χ0) is 20.9. The number of fused-ring (bicyclic) bond motifs is 1. The molecule has 0 atom stereocenters. The smallest absolute Gasteiger partial charge is 0.198 e. The van der Waals surface area contributed by atoms with E-state index in [9.17, 15) is 8.42 Å². The van der Waals surface area contributed by atoms with Crippen molar-refractivity contribution in [3.8, 4) is 0 Å². The highest BCUT2D eigenvalue weighted by Gasteiger charge is 2.42. The van der Waals surface area contributed by atoms with Gasteiger partial charge in [-0.25, -0.2) is 8.42 Å². The van der Waals surface area contributed by atoms with Crippen molar-refractivity contribution in [1.82, 2.24) is 0 Å². The summed E-state index contributed by atoms with van der Waals surface area (Å²) in [6, 6.07) is 11.4. The van der Waals surface area contributed by atoms with Crippen LogP contribution in [0, 0.1) is 13.8 Å². The molecular weight excluding hydrogens is 434 g/mol. The molecule has 0 spiro atoms. The van der Waals surface area contributed by atoms with E-state index in [-0.39, 0.29) is 16.7 Å². The molecule has 2 aromatic rings. The average molecular weight is 462 g/mol. The molecule has 28 heavy (non-hydrogen) atoms. The van der Waals surface area contributed by atoms with Crippen LogP contribution in [0.15, 0.2) is 50.8 Å². The van der Waals surface area contributed by atoms with Crippen molar-refractivity contribution >= 4 is 31.5 Å². The van der Waals surface area contributed by atoms with Gasteiger partial charge in [0.25, 0.3) is 0 Å². The third-order valence-electron chi connectivity index (χ3n) is 5.84. The molecule has 5 heteroatoms. The number of rotatable bonds is 3. The highest BCUT2D eigenvalue weighted by atomic mass is 79.9. The topological polar surface area (TPSA) is 46.5 Å². The van der Waals surface area contributed by atoms with Crippen LogP contribution in [0.2, 0.25) is 0 Å². The Bertz CT molecular complexity index is 1050. The minimum absolute atomic E-state index is 0.104. The molecule has 0 aliphatic heterocycles. The second kappa shape index (κ2) is 7.10. The monoisotopic (exact) mass is 461 g/mol. The minimum atomic E-state index is -3.45. The number of benzene rings is 2. The van der Waals surface area contributed by atoms with Gasteiger partial charge < -0.3 is 0 Å². The molecule has 3 rings (SSSR count). The fraction of sp³-hybridized carbons (Fsp3) is 0.435. The van der Waals surface area contributed by atoms with E-state index >= 15 is 0 Å². The normalized spacial score (nSPS) is 19.5. The molecule has 2 aromatic carbocycles. The van der Waals surface area contributed by atoms with Crippen LogP contribution in [0.5, 0.6) is 0 Å². The maximum atomic E-state index is 12.8. The lowest BCUT2D eigenvalue weighted by Gasteiger charge is -2.43. The van der Waals surface area contributed by atoms with Gasteiger partial charge in [0.1, 0.15) is 5.88 Å². The summed E-state index contributed by atoms with van der Waals surface area (Å²) in [4.78, 5) is 5.00. The van der Waals surface area contributed by atoms with Gasteiger partial charge in [0.15, 0.2) is 9.84 Å². The van der Waals surface area contributed by atoms with Gasteiger partial charge in [-0.3, -0.25) is 4.99 Å². The van der Waals surface area contributed by atoms with Crippen LogP contribution in [0.25, 0.3) is 0 Å². The largest absolute Gasteiger partial charge is 0.277 e. The van der Waals surface area contributed by atoms with Crippen molar-refractivity contribution in [3.05, 3.63) is 63.1 Å². The van der Waals surface area contributed by atoms with Crippen LogP contribution in [-0.4, -0.2) is 20.0 Å². The SMILES string of the molecule is Cc1ccc(S(=O)(=O)CN=C2CC(C)(C)c3cc(Br)c(C)cc3C2(C)C)cc1. The molecule has 0 bridgehead atoms. The number of nitrogens with zero attached hydrogens (tertiary/aromatic N) is 1. The number of hydrogen-bond donors (Lipinski definition) is 0. The lowest BCUT2D eigenvalue weighted by Crippen LogP contribution is -2.42. The Morgan fingerprint density at radius 2 is 1.61 bits per heavy atom. The summed E-state index contributed by atoms with van der Waals surface area (Å²) in [5.41, 5.74) is 5.29. The van der Waals surface area contributed by atoms with Gasteiger partial charge in [-0.2, -0.15) is 0 Å². The number of sulfone groups is 1. The van der Waals surface area contributed by atoms with E-state index in [0.717, 1.165) is 22.2 Å². The van der Waals surface area contributed by atoms with Crippen molar-refractivity contribution in [2.45, 2.75) is 63.7 Å². The van der Waals surface area contributed by atoms with Crippen LogP contribution < -0.4 is 0 Å². The summed E-state index contributed by atoms with van der Waals surface area (Å²) >= 11 is 3.66. The Kier molecular flexibility index (Phi) is 5.39. The van der Waals surface area contributed by atoms with Crippen molar-refractivity contribution in [3.63, 3.8) is 0 Å². The van der Waals surface area contributed by atoms with E-state index in [1.54, 1.807) is 12.1 Å². The number of hydrogen-bond acceptors (Lipinski definition) is 3. The molecule has 0 amide bonds. The molecule has 0 saturated heterocycles. The molecule has 0 saturated carbocycles. The maximum Gasteiger partial charge on any atom is 0.198 e. The molecule has 0 fully saturated rings. The summed E-state index contributed by atoms with van der Waals surface area (Å²) in [6.45, 7) is 12.7. The maximum absolute atomic E-state index is 12.8. The number of halogens is 1. The van der Waals surface area contributed by atoms with Crippen LogP contribution in [-0.2, 0) is 20.7 Å². The molecule has 0 aromatic heterocycles. The third kappa shape index (κ3) is 3.84. The van der Waals surface area contributed by atoms with Crippen molar-refractivity contribution in [2.24, 2.45) is 4.99 Å². The second-order valence-electron chi connectivity index (χ2n) is 8.99. The van der Waals surface area contributed by atoms with Gasteiger partial charge in [0.2, 0.25) is 0 Å². The first kappa shape index (κ1) is 21.3. The zero-order valence-electron chi connectivity index (χ0n) is 17.4. The predicted octanol–water partition coefficient (Wildman–Crippen LogP) is 5.90. The van der Waals surface area contributed by atoms with Gasteiger partial charge in [-0.15, -0.1) is 0 Å². The summed E-state index contributed by atoms with van der Waals surface area (Å²) < 4.78 is 26.7.